The van der Waals surface area contributed by atoms with Gasteiger partial charge in [0, 0.05) is 20.1 Å². The van der Waals surface area contributed by atoms with E-state index in [-0.39, 0.29) is 1.43 Å². The third-order valence-electron chi connectivity index (χ3n) is 3.38. The molecule has 0 aromatic heterocycles. The van der Waals surface area contributed by atoms with Gasteiger partial charge < -0.3 is 10.2 Å². The van der Waals surface area contributed by atoms with Crippen molar-refractivity contribution in [2.45, 2.75) is 51.6 Å². The van der Waals surface area contributed by atoms with Crippen molar-refractivity contribution in [3.63, 3.8) is 0 Å². The molecule has 0 radical (unpaired) electrons. The maximum absolute atomic E-state index is 3.39. The van der Waals surface area contributed by atoms with E-state index < -0.39 is 0 Å². The molecular weight excluding hydrogens is 172 g/mol. The van der Waals surface area contributed by atoms with Crippen molar-refractivity contribution < 1.29 is 1.43 Å². The van der Waals surface area contributed by atoms with Crippen LogP contribution in [0.15, 0.2) is 0 Å². The molecule has 1 rings (SSSR count). The standard InChI is InChI=1S/C12H26N2.H2/c1-10(2)9-14(4)12-7-5-11(13-3)6-8-12;/h10-13H,5-9H2,1-4H3;1H. The minimum atomic E-state index is 0. The molecule has 0 amide bonds. The monoisotopic (exact) mass is 200 g/mol. The van der Waals surface area contributed by atoms with Crippen molar-refractivity contribution in [3.05, 3.63) is 0 Å². The van der Waals surface area contributed by atoms with Crippen molar-refractivity contribution in [2.75, 3.05) is 20.6 Å². The van der Waals surface area contributed by atoms with Crippen LogP contribution in [-0.4, -0.2) is 37.6 Å². The quantitative estimate of drug-likeness (QED) is 0.749. The Balaban J connectivity index is 0.00000196. The Bertz CT molecular complexity index is 154. The number of nitrogens with zero attached hydrogens (tertiary/aromatic N) is 1. The molecule has 1 saturated carbocycles. The maximum Gasteiger partial charge on any atom is 0.00934 e. The highest BCUT2D eigenvalue weighted by molar-refractivity contribution is 4.81. The van der Waals surface area contributed by atoms with Crippen LogP contribution in [0, 0.1) is 5.92 Å². The van der Waals surface area contributed by atoms with Crippen LogP contribution in [0.25, 0.3) is 0 Å². The zero-order chi connectivity index (χ0) is 10.6. The van der Waals surface area contributed by atoms with Gasteiger partial charge in [0.05, 0.1) is 0 Å². The second-order valence-electron chi connectivity index (χ2n) is 5.13. The van der Waals surface area contributed by atoms with Crippen LogP contribution in [0.3, 0.4) is 0 Å². The third kappa shape index (κ3) is 3.58. The van der Waals surface area contributed by atoms with E-state index in [0.29, 0.717) is 0 Å². The van der Waals surface area contributed by atoms with Crippen LogP contribution in [0.4, 0.5) is 0 Å². The van der Waals surface area contributed by atoms with Gasteiger partial charge in [-0.3, -0.25) is 0 Å². The fourth-order valence-corrected chi connectivity index (χ4v) is 2.53. The van der Waals surface area contributed by atoms with Crippen molar-refractivity contribution in [2.24, 2.45) is 5.92 Å². The van der Waals surface area contributed by atoms with Gasteiger partial charge in [0.1, 0.15) is 0 Å². The molecule has 0 atom stereocenters. The summed E-state index contributed by atoms with van der Waals surface area (Å²) in [5.74, 6) is 0.794. The fourth-order valence-electron chi connectivity index (χ4n) is 2.53. The lowest BCUT2D eigenvalue weighted by Gasteiger charge is -2.35. The lowest BCUT2D eigenvalue weighted by atomic mass is 9.90. The summed E-state index contributed by atoms with van der Waals surface area (Å²) in [6.45, 7) is 5.85. The molecule has 86 valence electrons. The molecule has 1 N–H and O–H groups in total. The molecule has 0 aliphatic heterocycles. The summed E-state index contributed by atoms with van der Waals surface area (Å²) >= 11 is 0. The van der Waals surface area contributed by atoms with Gasteiger partial charge in [-0.2, -0.15) is 0 Å². The highest BCUT2D eigenvalue weighted by atomic mass is 15.1. The summed E-state index contributed by atoms with van der Waals surface area (Å²) in [5.41, 5.74) is 0. The zero-order valence-corrected chi connectivity index (χ0v) is 10.2. The van der Waals surface area contributed by atoms with Crippen LogP contribution < -0.4 is 5.32 Å². The van der Waals surface area contributed by atoms with Crippen LogP contribution in [0.5, 0.6) is 0 Å². The Labute approximate surface area is 90.5 Å². The Hall–Kier alpha value is -0.0800. The minimum absolute atomic E-state index is 0. The summed E-state index contributed by atoms with van der Waals surface area (Å²) in [4.78, 5) is 2.55. The topological polar surface area (TPSA) is 15.3 Å². The van der Waals surface area contributed by atoms with Crippen LogP contribution >= 0.6 is 0 Å². The molecule has 2 heteroatoms. The fraction of sp³-hybridized carbons (Fsp3) is 1.00. The van der Waals surface area contributed by atoms with Gasteiger partial charge in [-0.1, -0.05) is 13.8 Å². The molecule has 0 unspecified atom stereocenters. The summed E-state index contributed by atoms with van der Waals surface area (Å²) in [6.07, 6.45) is 5.44. The average Bonchev–Trinajstić information content (AvgIpc) is 2.17. The van der Waals surface area contributed by atoms with Gasteiger partial charge in [0.15, 0.2) is 0 Å². The minimum Gasteiger partial charge on any atom is -0.317 e. The van der Waals surface area contributed by atoms with E-state index in [0.717, 1.165) is 18.0 Å². The molecule has 2 nitrogen and oxygen atoms in total. The molecule has 0 saturated heterocycles. The van der Waals surface area contributed by atoms with Crippen LogP contribution in [0.1, 0.15) is 41.0 Å². The molecule has 0 spiro atoms. The molecule has 14 heavy (non-hydrogen) atoms. The summed E-state index contributed by atoms with van der Waals surface area (Å²) in [7, 11) is 4.37. The van der Waals surface area contributed by atoms with Crippen LogP contribution in [-0.2, 0) is 0 Å². The van der Waals surface area contributed by atoms with Crippen LogP contribution in [0.2, 0.25) is 0 Å². The summed E-state index contributed by atoms with van der Waals surface area (Å²) < 4.78 is 0. The molecule has 0 bridgehead atoms. The first-order valence-electron chi connectivity index (χ1n) is 6.01. The number of nitrogens with one attached hydrogen (secondary N) is 1. The molecule has 1 fully saturated rings. The van der Waals surface area contributed by atoms with E-state index in [4.69, 9.17) is 0 Å². The van der Waals surface area contributed by atoms with Crippen molar-refractivity contribution in [3.8, 4) is 0 Å². The normalized spacial score (nSPS) is 28.7. The number of rotatable bonds is 4. The van der Waals surface area contributed by atoms with E-state index in [1.54, 1.807) is 0 Å². The Morgan fingerprint density at radius 2 is 1.86 bits per heavy atom. The van der Waals surface area contributed by atoms with E-state index >= 15 is 0 Å². The molecule has 1 aliphatic rings. The highest BCUT2D eigenvalue weighted by Crippen LogP contribution is 2.22. The van der Waals surface area contributed by atoms with E-state index in [1.807, 2.05) is 0 Å². The Morgan fingerprint density at radius 3 is 2.29 bits per heavy atom. The van der Waals surface area contributed by atoms with Gasteiger partial charge in [0.25, 0.3) is 0 Å². The lowest BCUT2D eigenvalue weighted by Crippen LogP contribution is -2.41. The summed E-state index contributed by atoms with van der Waals surface area (Å²) in [6, 6.07) is 1.61. The Morgan fingerprint density at radius 1 is 1.29 bits per heavy atom. The first kappa shape index (κ1) is 12.0. The average molecular weight is 200 g/mol. The van der Waals surface area contributed by atoms with Gasteiger partial charge in [0.2, 0.25) is 0 Å². The predicted octanol–water partition coefficient (Wildman–Crippen LogP) is 2.35. The predicted molar refractivity (Wildman–Crippen MR) is 64.7 cm³/mol. The molecule has 1 aliphatic carbocycles. The van der Waals surface area contributed by atoms with E-state index in [2.05, 4.69) is 38.2 Å². The first-order chi connectivity index (χ1) is 6.63. The smallest absolute Gasteiger partial charge is 0.00934 e. The SMILES string of the molecule is CNC1CCC(N(C)CC(C)C)CC1.[HH]. The Kier molecular flexibility index (Phi) is 4.90. The largest absolute Gasteiger partial charge is 0.317 e. The molecule has 0 heterocycles. The molecular formula is C12H28N2. The van der Waals surface area contributed by atoms with Crippen molar-refractivity contribution in [1.82, 2.24) is 10.2 Å². The van der Waals surface area contributed by atoms with E-state index in [1.165, 1.54) is 32.2 Å². The third-order valence-corrected chi connectivity index (χ3v) is 3.38. The second-order valence-corrected chi connectivity index (χ2v) is 5.13. The zero-order valence-electron chi connectivity index (χ0n) is 10.2. The number of hydrogen-bond acceptors (Lipinski definition) is 2. The second kappa shape index (κ2) is 5.72. The van der Waals surface area contributed by atoms with Crippen molar-refractivity contribution in [1.29, 1.82) is 0 Å². The van der Waals surface area contributed by atoms with Gasteiger partial charge in [-0.15, -0.1) is 0 Å². The summed E-state index contributed by atoms with van der Waals surface area (Å²) in [5, 5.41) is 3.39. The van der Waals surface area contributed by atoms with Gasteiger partial charge in [-0.05, 0) is 45.7 Å². The molecule has 0 aromatic rings. The molecule has 0 aromatic carbocycles. The van der Waals surface area contributed by atoms with Crippen molar-refractivity contribution >= 4 is 0 Å². The van der Waals surface area contributed by atoms with Gasteiger partial charge >= 0.3 is 0 Å². The van der Waals surface area contributed by atoms with E-state index in [9.17, 15) is 0 Å². The first-order valence-corrected chi connectivity index (χ1v) is 6.01. The number of hydrogen-bond donors (Lipinski definition) is 1. The maximum atomic E-state index is 3.39. The lowest BCUT2D eigenvalue weighted by molar-refractivity contribution is 0.161. The highest BCUT2D eigenvalue weighted by Gasteiger charge is 2.22. The van der Waals surface area contributed by atoms with Gasteiger partial charge in [-0.25, -0.2) is 0 Å².